The van der Waals surface area contributed by atoms with Crippen molar-refractivity contribution in [2.75, 3.05) is 24.7 Å². The molecule has 3 fully saturated rings. The van der Waals surface area contributed by atoms with Crippen LogP contribution in [0.3, 0.4) is 0 Å². The van der Waals surface area contributed by atoms with Gasteiger partial charge in [0.25, 0.3) is 11.1 Å². The molecule has 0 saturated carbocycles. The average Bonchev–Trinajstić information content (AvgIpc) is 3.72. The zero-order valence-electron chi connectivity index (χ0n) is 22.7. The van der Waals surface area contributed by atoms with Crippen molar-refractivity contribution in [3.8, 4) is 0 Å². The number of alkyl halides is 2. The Morgan fingerprint density at radius 3 is 1.57 bits per heavy atom. The second-order valence-corrected chi connectivity index (χ2v) is 13.1. The summed E-state index contributed by atoms with van der Waals surface area (Å²) in [6.07, 6.45) is -13.4. The molecule has 7 heterocycles. The van der Waals surface area contributed by atoms with E-state index in [1.54, 1.807) is 0 Å². The molecule has 7 rings (SSSR count). The molecule has 0 aliphatic carbocycles. The normalized spacial score (nSPS) is 37.1. The highest BCUT2D eigenvalue weighted by atomic mass is 31.2. The number of H-pyrrole nitrogens is 2. The van der Waals surface area contributed by atoms with Gasteiger partial charge in [-0.2, -0.15) is 9.97 Å². The number of hydrogen-bond donors (Lipinski definition) is 6. The summed E-state index contributed by atoms with van der Waals surface area (Å²) in [6, 6.07) is 0. The van der Waals surface area contributed by atoms with E-state index >= 15 is 8.78 Å². The molecule has 2 unspecified atom stereocenters. The fraction of sp³-hybridized carbons (Fsp3) is 0.500. The summed E-state index contributed by atoms with van der Waals surface area (Å²) in [7, 11) is -10.4. The quantitative estimate of drug-likeness (QED) is 0.136. The fourth-order valence-electron chi connectivity index (χ4n) is 5.32. The van der Waals surface area contributed by atoms with Crippen molar-refractivity contribution in [2.24, 2.45) is 0 Å². The van der Waals surface area contributed by atoms with Crippen LogP contribution in [0.4, 0.5) is 20.7 Å². The number of nitrogens with two attached hydrogens (primary N) is 2. The zero-order valence-corrected chi connectivity index (χ0v) is 24.4. The van der Waals surface area contributed by atoms with Crippen LogP contribution in [0.25, 0.3) is 22.3 Å². The molecule has 3 aliphatic rings. The standard InChI is InChI=1S/C20H22F2N10O12P2/c21-7-11-5(41-17(7)31-3-25-9-13(31)27-19(23)29-15(9)33)1-39-45(35,36)44-12-6(2-40-46(37,38)43-11)42-18(8(12)22)32-4-26-10-14(32)28-20(24)30-16(10)34/h3-8,11-12,17-18H,1-2H2,(H,35,36)(H,37,38)(H3,23,27,29,33)(H3,24,28,30,34)/t5-,6-,7-,8-,11-,12-,17-,18-/m1/s1. The number of nitrogens with one attached hydrogen (secondary N) is 2. The molecule has 4 aromatic rings. The number of ether oxygens (including phenoxy) is 2. The summed E-state index contributed by atoms with van der Waals surface area (Å²) in [5.41, 5.74) is 8.77. The van der Waals surface area contributed by atoms with Crippen LogP contribution in [-0.4, -0.2) is 98.8 Å². The molecule has 0 spiro atoms. The lowest BCUT2D eigenvalue weighted by atomic mass is 10.1. The first-order chi connectivity index (χ1) is 21.7. The first-order valence-electron chi connectivity index (χ1n) is 13.1. The number of aromatic amines is 2. The Labute approximate surface area is 251 Å². The van der Waals surface area contributed by atoms with Crippen LogP contribution < -0.4 is 22.6 Å². The summed E-state index contributed by atoms with van der Waals surface area (Å²) in [6.45, 7) is -1.98. The van der Waals surface area contributed by atoms with Gasteiger partial charge >= 0.3 is 15.6 Å². The van der Waals surface area contributed by atoms with Crippen molar-refractivity contribution >= 4 is 49.9 Å². The van der Waals surface area contributed by atoms with Gasteiger partial charge in [0.1, 0.15) is 24.4 Å². The largest absolute Gasteiger partial charge is 0.472 e. The monoisotopic (exact) mass is 694 g/mol. The third-order valence-corrected chi connectivity index (χ3v) is 9.27. The highest BCUT2D eigenvalue weighted by molar-refractivity contribution is 7.47. The summed E-state index contributed by atoms with van der Waals surface area (Å²) >= 11 is 0. The van der Waals surface area contributed by atoms with E-state index in [-0.39, 0.29) is 34.2 Å². The van der Waals surface area contributed by atoms with E-state index in [0.717, 1.165) is 21.8 Å². The average molecular weight is 694 g/mol. The van der Waals surface area contributed by atoms with Gasteiger partial charge in [-0.25, -0.2) is 27.9 Å². The Balaban J connectivity index is 1.18. The van der Waals surface area contributed by atoms with E-state index in [2.05, 4.69) is 29.9 Å². The maximum absolute atomic E-state index is 15.9. The molecule has 8 N–H and O–H groups in total. The number of fused-ring (bicyclic) bond motifs is 4. The zero-order chi connectivity index (χ0) is 32.7. The number of rotatable bonds is 2. The molecular formula is C20H22F2N10O12P2. The maximum Gasteiger partial charge on any atom is 0.472 e. The van der Waals surface area contributed by atoms with Crippen LogP contribution in [0.2, 0.25) is 0 Å². The predicted octanol–water partition coefficient (Wildman–Crippen LogP) is -1.09. The van der Waals surface area contributed by atoms with Gasteiger partial charge in [-0.15, -0.1) is 0 Å². The van der Waals surface area contributed by atoms with E-state index in [4.69, 9.17) is 39.0 Å². The molecule has 0 amide bonds. The van der Waals surface area contributed by atoms with E-state index in [1.165, 1.54) is 0 Å². The Morgan fingerprint density at radius 1 is 0.783 bits per heavy atom. The Kier molecular flexibility index (Phi) is 7.36. The number of nitrogen functional groups attached to an aromatic ring is 2. The highest BCUT2D eigenvalue weighted by Gasteiger charge is 2.55. The number of phosphoric ester groups is 2. The fourth-order valence-corrected chi connectivity index (χ4v) is 7.23. The minimum atomic E-state index is -5.22. The van der Waals surface area contributed by atoms with Crippen LogP contribution in [0, 0.1) is 0 Å². The Morgan fingerprint density at radius 2 is 1.17 bits per heavy atom. The molecular weight excluding hydrogens is 672 g/mol. The Bertz CT molecular complexity index is 1910. The second-order valence-electron chi connectivity index (χ2n) is 10.2. The number of phosphoric acid groups is 2. The number of hydrogen-bond acceptors (Lipinski definition) is 16. The van der Waals surface area contributed by atoms with Crippen LogP contribution in [0.15, 0.2) is 22.2 Å². The molecule has 0 bridgehead atoms. The molecule has 26 heteroatoms. The molecule has 248 valence electrons. The molecule has 3 saturated heterocycles. The van der Waals surface area contributed by atoms with E-state index < -0.39 is 89.2 Å². The topological polar surface area (TPSA) is 309 Å². The van der Waals surface area contributed by atoms with Gasteiger partial charge in [0.15, 0.2) is 47.1 Å². The first kappa shape index (κ1) is 30.9. The molecule has 0 aromatic carbocycles. The van der Waals surface area contributed by atoms with Crippen molar-refractivity contribution in [3.63, 3.8) is 0 Å². The predicted molar refractivity (Wildman–Crippen MR) is 144 cm³/mol. The van der Waals surface area contributed by atoms with Crippen molar-refractivity contribution in [2.45, 2.75) is 49.2 Å². The highest BCUT2D eigenvalue weighted by Crippen LogP contribution is 2.54. The smallest absolute Gasteiger partial charge is 0.369 e. The van der Waals surface area contributed by atoms with Gasteiger partial charge in [0, 0.05) is 0 Å². The van der Waals surface area contributed by atoms with Crippen molar-refractivity contribution < 1.29 is 55.3 Å². The molecule has 46 heavy (non-hydrogen) atoms. The lowest BCUT2D eigenvalue weighted by Crippen LogP contribution is -2.37. The lowest BCUT2D eigenvalue weighted by Gasteiger charge is -2.27. The van der Waals surface area contributed by atoms with Gasteiger partial charge in [0.2, 0.25) is 11.9 Å². The molecule has 10 atom stereocenters. The number of anilines is 2. The van der Waals surface area contributed by atoms with Gasteiger partial charge in [0.05, 0.1) is 25.9 Å². The van der Waals surface area contributed by atoms with E-state index in [1.807, 2.05) is 0 Å². The molecule has 0 radical (unpaired) electrons. The van der Waals surface area contributed by atoms with Crippen LogP contribution >= 0.6 is 15.6 Å². The SMILES string of the molecule is Nc1nc2c(ncn2[C@@H]2O[C@@H]3COP(=O)(O)O[C@H]4[C@@H](F)[C@H](n5cnc6c(=O)[nH]c(N)nc65)O[C@@H]4COP(=O)(O)O[C@H]3[C@H]2F)c(=O)[nH]1. The number of aromatic nitrogens is 8. The molecule has 3 aliphatic heterocycles. The molecule has 22 nitrogen and oxygen atoms in total. The third-order valence-electron chi connectivity index (χ3n) is 7.30. The van der Waals surface area contributed by atoms with Crippen molar-refractivity contribution in [1.29, 1.82) is 0 Å². The van der Waals surface area contributed by atoms with E-state index in [0.29, 0.717) is 0 Å². The minimum Gasteiger partial charge on any atom is -0.369 e. The summed E-state index contributed by atoms with van der Waals surface area (Å²) in [4.78, 5) is 65.3. The molecule has 4 aromatic heterocycles. The van der Waals surface area contributed by atoms with Gasteiger partial charge in [-0.3, -0.25) is 46.8 Å². The van der Waals surface area contributed by atoms with E-state index in [9.17, 15) is 28.5 Å². The first-order valence-corrected chi connectivity index (χ1v) is 16.1. The number of halogens is 2. The number of nitrogens with zero attached hydrogens (tertiary/aromatic N) is 6. The van der Waals surface area contributed by atoms with Gasteiger partial charge in [-0.05, 0) is 0 Å². The lowest BCUT2D eigenvalue weighted by molar-refractivity contribution is -0.0662. The summed E-state index contributed by atoms with van der Waals surface area (Å²) in [5.74, 6) is -0.663. The number of imidazole rings is 2. The summed E-state index contributed by atoms with van der Waals surface area (Å²) < 4.78 is 91.0. The van der Waals surface area contributed by atoms with Gasteiger partial charge in [-0.1, -0.05) is 0 Å². The summed E-state index contributed by atoms with van der Waals surface area (Å²) in [5, 5.41) is 0. The maximum atomic E-state index is 15.9. The third kappa shape index (κ3) is 5.31. The minimum absolute atomic E-state index is 0.214. The van der Waals surface area contributed by atoms with Crippen LogP contribution in [0.5, 0.6) is 0 Å². The van der Waals surface area contributed by atoms with Gasteiger partial charge < -0.3 is 30.7 Å². The van der Waals surface area contributed by atoms with Crippen molar-refractivity contribution in [1.82, 2.24) is 39.0 Å². The van der Waals surface area contributed by atoms with Crippen LogP contribution in [0.1, 0.15) is 12.5 Å². The Hall–Kier alpha value is -3.70. The van der Waals surface area contributed by atoms with Crippen LogP contribution in [-0.2, 0) is 36.7 Å². The van der Waals surface area contributed by atoms with Crippen molar-refractivity contribution in [3.05, 3.63) is 33.4 Å². The second kappa shape index (κ2) is 10.9.